The van der Waals surface area contributed by atoms with Crippen LogP contribution in [0.1, 0.15) is 45.8 Å². The van der Waals surface area contributed by atoms with Crippen molar-refractivity contribution in [1.82, 2.24) is 15.1 Å². The second-order valence-electron chi connectivity index (χ2n) is 8.50. The van der Waals surface area contributed by atoms with Gasteiger partial charge in [-0.3, -0.25) is 4.79 Å². The maximum atomic E-state index is 13.7. The van der Waals surface area contributed by atoms with Crippen LogP contribution in [-0.2, 0) is 5.75 Å². The summed E-state index contributed by atoms with van der Waals surface area (Å²) in [4.78, 5) is 13.7. The summed E-state index contributed by atoms with van der Waals surface area (Å²) < 4.78 is 15.0. The van der Waals surface area contributed by atoms with Gasteiger partial charge >= 0.3 is 0 Å². The maximum absolute atomic E-state index is 13.7. The largest absolute Gasteiger partial charge is 0.344 e. The minimum absolute atomic E-state index is 0.205. The van der Waals surface area contributed by atoms with Gasteiger partial charge in [-0.25, -0.2) is 9.07 Å². The summed E-state index contributed by atoms with van der Waals surface area (Å²) >= 11 is 14.4. The van der Waals surface area contributed by atoms with Crippen LogP contribution in [-0.4, -0.2) is 21.4 Å². The van der Waals surface area contributed by atoms with Gasteiger partial charge in [-0.05, 0) is 60.0 Å². The normalized spacial score (nSPS) is 14.9. The summed E-state index contributed by atoms with van der Waals surface area (Å²) in [5.74, 6) is 0.819. The number of hydrogen-bond acceptors (Lipinski definition) is 3. The van der Waals surface area contributed by atoms with Gasteiger partial charge in [0.1, 0.15) is 11.5 Å². The van der Waals surface area contributed by atoms with E-state index in [1.54, 1.807) is 46.8 Å². The Morgan fingerprint density at radius 3 is 2.56 bits per heavy atom. The first-order chi connectivity index (χ1) is 17.4. The van der Waals surface area contributed by atoms with Crippen molar-refractivity contribution in [2.24, 2.45) is 0 Å². The fraction of sp³-hybridized carbons (Fsp3) is 0.143. The van der Waals surface area contributed by atoms with Crippen LogP contribution in [0.15, 0.2) is 72.8 Å². The SMILES string of the molecule is C[C@H](NC(=O)c1c2c(nn1-c1ccc(Cl)cc1Cl)C(=Cc1ccc(F)cc1)CSC2)c1ccccc1. The third kappa shape index (κ3) is 5.07. The molecule has 0 bridgehead atoms. The molecule has 4 nitrogen and oxygen atoms in total. The van der Waals surface area contributed by atoms with Crippen molar-refractivity contribution < 1.29 is 9.18 Å². The van der Waals surface area contributed by atoms with Gasteiger partial charge < -0.3 is 5.32 Å². The number of rotatable bonds is 5. The lowest BCUT2D eigenvalue weighted by Crippen LogP contribution is -2.29. The molecule has 1 aromatic heterocycles. The predicted molar refractivity (Wildman–Crippen MR) is 146 cm³/mol. The van der Waals surface area contributed by atoms with Crippen molar-refractivity contribution in [3.63, 3.8) is 0 Å². The van der Waals surface area contributed by atoms with E-state index in [9.17, 15) is 9.18 Å². The van der Waals surface area contributed by atoms with E-state index in [2.05, 4.69) is 5.32 Å². The highest BCUT2D eigenvalue weighted by atomic mass is 35.5. The number of aromatic nitrogens is 2. The lowest BCUT2D eigenvalue weighted by Gasteiger charge is -2.18. The van der Waals surface area contributed by atoms with Crippen molar-refractivity contribution in [3.8, 4) is 5.69 Å². The molecule has 8 heteroatoms. The van der Waals surface area contributed by atoms with Gasteiger partial charge in [0, 0.05) is 22.1 Å². The van der Waals surface area contributed by atoms with Crippen LogP contribution in [0, 0.1) is 5.82 Å². The highest BCUT2D eigenvalue weighted by molar-refractivity contribution is 7.99. The Bertz CT molecular complexity index is 1450. The van der Waals surface area contributed by atoms with E-state index in [-0.39, 0.29) is 17.8 Å². The first kappa shape index (κ1) is 24.6. The van der Waals surface area contributed by atoms with Crippen molar-refractivity contribution >= 4 is 52.5 Å². The number of nitrogens with one attached hydrogen (secondary N) is 1. The molecule has 1 atom stereocenters. The first-order valence-corrected chi connectivity index (χ1v) is 13.3. The van der Waals surface area contributed by atoms with Crippen molar-refractivity contribution in [1.29, 1.82) is 0 Å². The number of amides is 1. The molecule has 36 heavy (non-hydrogen) atoms. The summed E-state index contributed by atoms with van der Waals surface area (Å²) in [6.45, 7) is 1.95. The summed E-state index contributed by atoms with van der Waals surface area (Å²) in [7, 11) is 0. The Labute approximate surface area is 223 Å². The monoisotopic (exact) mass is 537 g/mol. The van der Waals surface area contributed by atoms with Crippen LogP contribution in [0.25, 0.3) is 17.3 Å². The number of nitrogens with zero attached hydrogens (tertiary/aromatic N) is 2. The number of carbonyl (C=O) groups excluding carboxylic acids is 1. The van der Waals surface area contributed by atoms with Gasteiger partial charge in [0.25, 0.3) is 5.91 Å². The average Bonchev–Trinajstić information content (AvgIpc) is 3.26. The molecule has 4 aromatic rings. The Hall–Kier alpha value is -3.06. The fourth-order valence-corrected chi connectivity index (χ4v) is 5.71. The Morgan fingerprint density at radius 2 is 1.83 bits per heavy atom. The lowest BCUT2D eigenvalue weighted by molar-refractivity contribution is 0.0931. The van der Waals surface area contributed by atoms with Crippen LogP contribution in [0.4, 0.5) is 4.39 Å². The molecule has 0 unspecified atom stereocenters. The zero-order valence-electron chi connectivity index (χ0n) is 19.3. The minimum atomic E-state index is -0.288. The number of halogens is 3. The van der Waals surface area contributed by atoms with Gasteiger partial charge in [0.05, 0.1) is 22.4 Å². The number of benzene rings is 3. The van der Waals surface area contributed by atoms with Gasteiger partial charge in [-0.1, -0.05) is 65.7 Å². The first-order valence-electron chi connectivity index (χ1n) is 11.4. The summed E-state index contributed by atoms with van der Waals surface area (Å²) in [6, 6.07) is 21.0. The van der Waals surface area contributed by atoms with Crippen molar-refractivity contribution in [2.75, 3.05) is 5.75 Å². The molecular weight excluding hydrogens is 516 g/mol. The summed E-state index contributed by atoms with van der Waals surface area (Å²) in [6.07, 6.45) is 1.99. The molecule has 0 spiro atoms. The second kappa shape index (κ2) is 10.5. The zero-order chi connectivity index (χ0) is 25.2. The van der Waals surface area contributed by atoms with Crippen LogP contribution < -0.4 is 5.32 Å². The Balaban J connectivity index is 1.61. The van der Waals surface area contributed by atoms with Gasteiger partial charge in [0.2, 0.25) is 0 Å². The van der Waals surface area contributed by atoms with Crippen LogP contribution in [0.2, 0.25) is 10.0 Å². The molecule has 1 aliphatic rings. The molecule has 0 saturated heterocycles. The molecule has 1 aliphatic heterocycles. The zero-order valence-corrected chi connectivity index (χ0v) is 21.7. The van der Waals surface area contributed by atoms with Gasteiger partial charge in [-0.15, -0.1) is 0 Å². The van der Waals surface area contributed by atoms with Crippen molar-refractivity contribution in [2.45, 2.75) is 18.7 Å². The predicted octanol–water partition coefficient (Wildman–Crippen LogP) is 7.60. The molecule has 1 N–H and O–H groups in total. The number of hydrogen-bond donors (Lipinski definition) is 1. The van der Waals surface area contributed by atoms with Gasteiger partial charge in [0.15, 0.2) is 0 Å². The average molecular weight is 538 g/mol. The van der Waals surface area contributed by atoms with E-state index in [1.807, 2.05) is 43.3 Å². The van der Waals surface area contributed by atoms with Crippen LogP contribution >= 0.6 is 35.0 Å². The molecule has 1 amide bonds. The highest BCUT2D eigenvalue weighted by Crippen LogP contribution is 2.37. The number of fused-ring (bicyclic) bond motifs is 1. The van der Waals surface area contributed by atoms with E-state index < -0.39 is 0 Å². The third-order valence-electron chi connectivity index (χ3n) is 6.00. The molecule has 0 fully saturated rings. The summed E-state index contributed by atoms with van der Waals surface area (Å²) in [5, 5.41) is 8.89. The molecule has 0 aliphatic carbocycles. The number of carbonyl (C=O) groups is 1. The summed E-state index contributed by atoms with van der Waals surface area (Å²) in [5.41, 5.74) is 5.41. The molecule has 3 aromatic carbocycles. The van der Waals surface area contributed by atoms with E-state index in [0.717, 1.165) is 33.7 Å². The highest BCUT2D eigenvalue weighted by Gasteiger charge is 2.30. The van der Waals surface area contributed by atoms with Gasteiger partial charge in [-0.2, -0.15) is 16.9 Å². The third-order valence-corrected chi connectivity index (χ3v) is 7.55. The Kier molecular flexibility index (Phi) is 7.19. The van der Waals surface area contributed by atoms with Crippen LogP contribution in [0.5, 0.6) is 0 Å². The maximum Gasteiger partial charge on any atom is 0.270 e. The fourth-order valence-electron chi connectivity index (χ4n) is 4.20. The number of thioether (sulfide) groups is 1. The molecule has 182 valence electrons. The molecule has 5 rings (SSSR count). The van der Waals surface area contributed by atoms with Crippen LogP contribution in [0.3, 0.4) is 0 Å². The smallest absolute Gasteiger partial charge is 0.270 e. The van der Waals surface area contributed by atoms with E-state index in [1.165, 1.54) is 12.1 Å². The van der Waals surface area contributed by atoms with E-state index >= 15 is 0 Å². The van der Waals surface area contributed by atoms with Crippen molar-refractivity contribution in [3.05, 3.63) is 117 Å². The molecule has 2 heterocycles. The molecule has 0 saturated carbocycles. The Morgan fingerprint density at radius 1 is 1.08 bits per heavy atom. The molecular formula is C28H22Cl2FN3OS. The van der Waals surface area contributed by atoms with E-state index in [0.29, 0.717) is 27.2 Å². The standard InChI is InChI=1S/C28H22Cl2FN3OS/c1-17(19-5-3-2-4-6-19)32-28(35)27-23-16-36-15-20(13-18-7-10-22(31)11-8-18)26(23)33-34(27)25-12-9-21(29)14-24(25)30/h2-14,17H,15-16H2,1H3,(H,32,35)/t17-/m0/s1. The second-order valence-corrected chi connectivity index (χ2v) is 10.3. The minimum Gasteiger partial charge on any atom is -0.344 e. The lowest BCUT2D eigenvalue weighted by atomic mass is 10.0. The topological polar surface area (TPSA) is 46.9 Å². The molecule has 0 radical (unpaired) electrons. The van der Waals surface area contributed by atoms with E-state index in [4.69, 9.17) is 28.3 Å². The quantitative estimate of drug-likeness (QED) is 0.285.